The van der Waals surface area contributed by atoms with Crippen LogP contribution in [-0.4, -0.2) is 15.2 Å². The minimum absolute atomic E-state index is 0.440. The SMILES string of the molecule is Cc1nc2ccc(Cl)cc2c(-c2ccccc2)c1-c1nnc(Cc2ccc(Cl)cc2)o1. The summed E-state index contributed by atoms with van der Waals surface area (Å²) in [5.74, 6) is 0.969. The number of hydrogen-bond acceptors (Lipinski definition) is 4. The van der Waals surface area contributed by atoms with Crippen LogP contribution in [0, 0.1) is 6.92 Å². The molecule has 0 saturated carbocycles. The van der Waals surface area contributed by atoms with Crippen molar-refractivity contribution in [1.29, 1.82) is 0 Å². The summed E-state index contributed by atoms with van der Waals surface area (Å²) in [6.07, 6.45) is 0.525. The smallest absolute Gasteiger partial charge is 0.250 e. The Morgan fingerprint density at radius 3 is 2.32 bits per heavy atom. The first-order valence-electron chi connectivity index (χ1n) is 9.81. The molecular weight excluding hydrogens is 429 g/mol. The maximum Gasteiger partial charge on any atom is 0.250 e. The van der Waals surface area contributed by atoms with E-state index in [2.05, 4.69) is 22.3 Å². The third-order valence-electron chi connectivity index (χ3n) is 5.14. The number of aryl methyl sites for hydroxylation is 1. The van der Waals surface area contributed by atoms with Crippen molar-refractivity contribution in [3.63, 3.8) is 0 Å². The molecule has 0 amide bonds. The zero-order valence-corrected chi connectivity index (χ0v) is 18.2. The predicted octanol–water partition coefficient (Wildman–Crippen LogP) is 7.16. The molecule has 152 valence electrons. The molecule has 0 unspecified atom stereocenters. The average molecular weight is 446 g/mol. The largest absolute Gasteiger partial charge is 0.420 e. The van der Waals surface area contributed by atoms with Crippen LogP contribution in [0.25, 0.3) is 33.5 Å². The second-order valence-electron chi connectivity index (χ2n) is 7.28. The number of fused-ring (bicyclic) bond motifs is 1. The maximum absolute atomic E-state index is 6.33. The van der Waals surface area contributed by atoms with Gasteiger partial charge in [-0.2, -0.15) is 0 Å². The summed E-state index contributed by atoms with van der Waals surface area (Å²) in [4.78, 5) is 4.78. The van der Waals surface area contributed by atoms with Crippen molar-refractivity contribution in [3.8, 4) is 22.6 Å². The molecule has 0 saturated heterocycles. The molecule has 4 nitrogen and oxygen atoms in total. The van der Waals surface area contributed by atoms with E-state index in [-0.39, 0.29) is 0 Å². The van der Waals surface area contributed by atoms with Gasteiger partial charge in [0.15, 0.2) is 0 Å². The summed E-state index contributed by atoms with van der Waals surface area (Å²) in [6.45, 7) is 1.96. The highest BCUT2D eigenvalue weighted by atomic mass is 35.5. The van der Waals surface area contributed by atoms with Gasteiger partial charge in [0.25, 0.3) is 0 Å². The van der Waals surface area contributed by atoms with Gasteiger partial charge in [0.2, 0.25) is 11.8 Å². The summed E-state index contributed by atoms with van der Waals surface area (Å²) >= 11 is 12.3. The van der Waals surface area contributed by atoms with Gasteiger partial charge in [0.05, 0.1) is 23.2 Å². The van der Waals surface area contributed by atoms with Gasteiger partial charge in [0, 0.05) is 21.0 Å². The van der Waals surface area contributed by atoms with Crippen molar-refractivity contribution < 1.29 is 4.42 Å². The van der Waals surface area contributed by atoms with Gasteiger partial charge < -0.3 is 4.42 Å². The van der Waals surface area contributed by atoms with Crippen LogP contribution < -0.4 is 0 Å². The van der Waals surface area contributed by atoms with Crippen molar-refractivity contribution in [2.24, 2.45) is 0 Å². The minimum Gasteiger partial charge on any atom is -0.420 e. The van der Waals surface area contributed by atoms with E-state index in [1.54, 1.807) is 0 Å². The number of hydrogen-bond donors (Lipinski definition) is 0. The van der Waals surface area contributed by atoms with Gasteiger partial charge in [-0.1, -0.05) is 65.7 Å². The van der Waals surface area contributed by atoms with Gasteiger partial charge in [-0.25, -0.2) is 0 Å². The lowest BCUT2D eigenvalue weighted by atomic mass is 9.94. The molecule has 0 fully saturated rings. The molecule has 5 rings (SSSR count). The number of benzene rings is 3. The van der Waals surface area contributed by atoms with E-state index in [9.17, 15) is 0 Å². The number of pyridine rings is 1. The van der Waals surface area contributed by atoms with Gasteiger partial charge in [0.1, 0.15) is 0 Å². The number of rotatable bonds is 4. The summed E-state index contributed by atoms with van der Waals surface area (Å²) in [6, 6.07) is 23.4. The monoisotopic (exact) mass is 445 g/mol. The molecule has 0 aliphatic rings. The van der Waals surface area contributed by atoms with E-state index < -0.39 is 0 Å². The third kappa shape index (κ3) is 3.92. The molecule has 2 aromatic heterocycles. The van der Waals surface area contributed by atoms with Crippen molar-refractivity contribution in [2.45, 2.75) is 13.3 Å². The van der Waals surface area contributed by atoms with Gasteiger partial charge in [-0.3, -0.25) is 4.98 Å². The highest BCUT2D eigenvalue weighted by Gasteiger charge is 2.21. The zero-order valence-electron chi connectivity index (χ0n) is 16.6. The Kier molecular flexibility index (Phi) is 5.18. The van der Waals surface area contributed by atoms with E-state index in [0.29, 0.717) is 28.2 Å². The molecule has 3 aromatic carbocycles. The van der Waals surface area contributed by atoms with Gasteiger partial charge in [-0.15, -0.1) is 10.2 Å². The minimum atomic E-state index is 0.440. The molecule has 2 heterocycles. The van der Waals surface area contributed by atoms with Crippen LogP contribution in [0.5, 0.6) is 0 Å². The summed E-state index contributed by atoms with van der Waals surface area (Å²) in [5, 5.41) is 10.9. The summed E-state index contributed by atoms with van der Waals surface area (Å²) < 4.78 is 6.10. The molecule has 0 aliphatic carbocycles. The third-order valence-corrected chi connectivity index (χ3v) is 5.63. The van der Waals surface area contributed by atoms with Crippen LogP contribution in [0.4, 0.5) is 0 Å². The van der Waals surface area contributed by atoms with Crippen molar-refractivity contribution in [1.82, 2.24) is 15.2 Å². The molecule has 5 aromatic rings. The van der Waals surface area contributed by atoms with Gasteiger partial charge in [-0.05, 0) is 48.4 Å². The zero-order chi connectivity index (χ0) is 21.4. The van der Waals surface area contributed by atoms with E-state index >= 15 is 0 Å². The standard InChI is InChI=1S/C25H17Cl2N3O/c1-15-23(25-30-29-22(31-25)13-16-7-9-18(26)10-8-16)24(17-5-3-2-4-6-17)20-14-19(27)11-12-21(20)28-15/h2-12,14H,13H2,1H3. The maximum atomic E-state index is 6.33. The fourth-order valence-electron chi connectivity index (χ4n) is 3.73. The molecule has 6 heteroatoms. The molecule has 31 heavy (non-hydrogen) atoms. The molecule has 0 aliphatic heterocycles. The molecular formula is C25H17Cl2N3O. The Morgan fingerprint density at radius 2 is 1.55 bits per heavy atom. The number of nitrogens with zero attached hydrogens (tertiary/aromatic N) is 3. The Morgan fingerprint density at radius 1 is 0.806 bits per heavy atom. The van der Waals surface area contributed by atoms with Crippen LogP contribution in [0.15, 0.2) is 77.2 Å². The lowest BCUT2D eigenvalue weighted by molar-refractivity contribution is 0.518. The van der Waals surface area contributed by atoms with Crippen LogP contribution in [0.2, 0.25) is 10.0 Å². The first-order valence-corrected chi connectivity index (χ1v) is 10.6. The Labute approximate surface area is 189 Å². The molecule has 0 N–H and O–H groups in total. The Balaban J connectivity index is 1.67. The Bertz CT molecular complexity index is 1380. The van der Waals surface area contributed by atoms with E-state index in [4.69, 9.17) is 32.6 Å². The fourth-order valence-corrected chi connectivity index (χ4v) is 4.03. The van der Waals surface area contributed by atoms with E-state index in [0.717, 1.165) is 38.9 Å². The quantitative estimate of drug-likeness (QED) is 0.294. The number of aromatic nitrogens is 3. The topological polar surface area (TPSA) is 51.8 Å². The molecule has 0 spiro atoms. The summed E-state index contributed by atoms with van der Waals surface area (Å²) in [7, 11) is 0. The predicted molar refractivity (Wildman–Crippen MR) is 124 cm³/mol. The van der Waals surface area contributed by atoms with Crippen LogP contribution >= 0.6 is 23.2 Å². The number of halogens is 2. The van der Waals surface area contributed by atoms with Crippen LogP contribution in [0.3, 0.4) is 0 Å². The van der Waals surface area contributed by atoms with Crippen molar-refractivity contribution in [2.75, 3.05) is 0 Å². The lowest BCUT2D eigenvalue weighted by Crippen LogP contribution is -1.96. The highest BCUT2D eigenvalue weighted by molar-refractivity contribution is 6.31. The van der Waals surface area contributed by atoms with Crippen LogP contribution in [0.1, 0.15) is 17.1 Å². The first-order chi connectivity index (χ1) is 15.1. The molecule has 0 atom stereocenters. The second kappa shape index (κ2) is 8.14. The van der Waals surface area contributed by atoms with E-state index in [1.165, 1.54) is 0 Å². The normalized spacial score (nSPS) is 11.2. The highest BCUT2D eigenvalue weighted by Crippen LogP contribution is 2.39. The second-order valence-corrected chi connectivity index (χ2v) is 8.15. The van der Waals surface area contributed by atoms with Crippen molar-refractivity contribution in [3.05, 3.63) is 100.0 Å². The lowest BCUT2D eigenvalue weighted by Gasteiger charge is -2.14. The van der Waals surface area contributed by atoms with Crippen molar-refractivity contribution >= 4 is 34.1 Å². The molecule has 0 radical (unpaired) electrons. The average Bonchev–Trinajstić information content (AvgIpc) is 3.23. The molecule has 0 bridgehead atoms. The van der Waals surface area contributed by atoms with E-state index in [1.807, 2.05) is 67.6 Å². The summed E-state index contributed by atoms with van der Waals surface area (Å²) in [5.41, 5.74) is 5.56. The fraction of sp³-hybridized carbons (Fsp3) is 0.0800. The first kappa shape index (κ1) is 19.7. The van der Waals surface area contributed by atoms with Gasteiger partial charge >= 0.3 is 0 Å². The van der Waals surface area contributed by atoms with Crippen LogP contribution in [-0.2, 0) is 6.42 Å². The Hall–Kier alpha value is -3.21.